The van der Waals surface area contributed by atoms with E-state index in [0.717, 1.165) is 13.1 Å². The fourth-order valence-electron chi connectivity index (χ4n) is 1.88. The molecule has 2 aliphatic heterocycles. The number of nitrogens with zero attached hydrogens (tertiary/aromatic N) is 2. The third-order valence-electron chi connectivity index (χ3n) is 2.98. The van der Waals surface area contributed by atoms with Crippen molar-refractivity contribution in [3.05, 3.63) is 23.0 Å². The molecule has 6 heteroatoms. The van der Waals surface area contributed by atoms with Crippen LogP contribution in [0.1, 0.15) is 45.4 Å². The van der Waals surface area contributed by atoms with E-state index >= 15 is 0 Å². The van der Waals surface area contributed by atoms with Gasteiger partial charge >= 0.3 is 0 Å². The second-order valence-electron chi connectivity index (χ2n) is 4.66. The van der Waals surface area contributed by atoms with Crippen LogP contribution in [0.25, 0.3) is 0 Å². The van der Waals surface area contributed by atoms with E-state index in [4.69, 9.17) is 0 Å². The SMILES string of the molecule is CCCCCCCCN1CC=CS1=O.O=S1C=CC=N1. The van der Waals surface area contributed by atoms with Crippen LogP contribution in [0.15, 0.2) is 27.4 Å². The fraction of sp³-hybridized carbons (Fsp3) is 0.643. The van der Waals surface area contributed by atoms with Gasteiger partial charge in [0, 0.05) is 30.1 Å². The van der Waals surface area contributed by atoms with Crippen molar-refractivity contribution in [2.45, 2.75) is 45.4 Å². The molecule has 0 radical (unpaired) electrons. The predicted molar refractivity (Wildman–Crippen MR) is 88.0 cm³/mol. The van der Waals surface area contributed by atoms with Crippen LogP contribution < -0.4 is 0 Å². The van der Waals surface area contributed by atoms with Gasteiger partial charge in [-0.15, -0.1) is 0 Å². The molecule has 0 aromatic heterocycles. The summed E-state index contributed by atoms with van der Waals surface area (Å²) in [6, 6.07) is 0. The molecular weight excluding hydrogens is 292 g/mol. The van der Waals surface area contributed by atoms with Gasteiger partial charge < -0.3 is 0 Å². The largest absolute Gasteiger partial charge is 0.238 e. The molecule has 2 aliphatic rings. The van der Waals surface area contributed by atoms with Gasteiger partial charge in [-0.2, -0.15) is 4.40 Å². The molecule has 0 fully saturated rings. The number of hydrogen-bond acceptors (Lipinski definition) is 2. The molecule has 4 nitrogen and oxygen atoms in total. The Labute approximate surface area is 127 Å². The molecule has 0 N–H and O–H groups in total. The van der Waals surface area contributed by atoms with Crippen molar-refractivity contribution in [3.8, 4) is 0 Å². The predicted octanol–water partition coefficient (Wildman–Crippen LogP) is 3.09. The quantitative estimate of drug-likeness (QED) is 0.678. The van der Waals surface area contributed by atoms with Crippen LogP contribution in [-0.2, 0) is 22.0 Å². The van der Waals surface area contributed by atoms with Gasteiger partial charge in [0.25, 0.3) is 0 Å². The van der Waals surface area contributed by atoms with Crippen LogP contribution in [0, 0.1) is 0 Å². The van der Waals surface area contributed by atoms with E-state index in [-0.39, 0.29) is 0 Å². The van der Waals surface area contributed by atoms with Gasteiger partial charge in [0.1, 0.15) is 11.0 Å². The molecule has 0 saturated heterocycles. The van der Waals surface area contributed by atoms with Gasteiger partial charge in [0.05, 0.1) is 0 Å². The number of rotatable bonds is 7. The van der Waals surface area contributed by atoms with Gasteiger partial charge in [-0.1, -0.05) is 45.1 Å². The molecule has 20 heavy (non-hydrogen) atoms. The topological polar surface area (TPSA) is 49.7 Å². The molecule has 0 saturated carbocycles. The summed E-state index contributed by atoms with van der Waals surface area (Å²) in [4.78, 5) is 0. The van der Waals surface area contributed by atoms with Crippen molar-refractivity contribution < 1.29 is 8.42 Å². The third-order valence-corrected chi connectivity index (χ3v) is 4.97. The van der Waals surface area contributed by atoms with Gasteiger partial charge in [-0.05, 0) is 12.5 Å². The molecule has 0 aliphatic carbocycles. The lowest BCUT2D eigenvalue weighted by atomic mass is 10.1. The highest BCUT2D eigenvalue weighted by Gasteiger charge is 2.12. The maximum absolute atomic E-state index is 11.3. The lowest BCUT2D eigenvalue weighted by molar-refractivity contribution is 0.466. The van der Waals surface area contributed by atoms with Crippen LogP contribution >= 0.6 is 0 Å². The summed E-state index contributed by atoms with van der Waals surface area (Å²) in [6.07, 6.45) is 13.0. The van der Waals surface area contributed by atoms with Crippen LogP contribution in [0.3, 0.4) is 0 Å². The maximum Gasteiger partial charge on any atom is 0.165 e. The molecule has 2 unspecified atom stereocenters. The molecule has 0 amide bonds. The first-order chi connectivity index (χ1) is 9.74. The van der Waals surface area contributed by atoms with Crippen molar-refractivity contribution in [1.82, 2.24) is 4.31 Å². The molecule has 0 aromatic carbocycles. The van der Waals surface area contributed by atoms with E-state index in [2.05, 4.69) is 11.3 Å². The Bertz CT molecular complexity index is 392. The Hall–Kier alpha value is -0.590. The highest BCUT2D eigenvalue weighted by Crippen LogP contribution is 2.10. The number of hydrogen-bond donors (Lipinski definition) is 0. The second kappa shape index (κ2) is 11.1. The Morgan fingerprint density at radius 2 is 1.85 bits per heavy atom. The smallest absolute Gasteiger partial charge is 0.165 e. The first kappa shape index (κ1) is 17.5. The zero-order chi connectivity index (χ0) is 14.6. The van der Waals surface area contributed by atoms with E-state index in [0.29, 0.717) is 0 Å². The molecule has 0 spiro atoms. The normalized spacial score (nSPS) is 24.1. The van der Waals surface area contributed by atoms with Crippen LogP contribution in [0.2, 0.25) is 0 Å². The highest BCUT2D eigenvalue weighted by molar-refractivity contribution is 7.87. The zero-order valence-electron chi connectivity index (χ0n) is 12.1. The summed E-state index contributed by atoms with van der Waals surface area (Å²) in [7, 11) is -1.85. The van der Waals surface area contributed by atoms with Gasteiger partial charge in [-0.25, -0.2) is 12.7 Å². The summed E-state index contributed by atoms with van der Waals surface area (Å²) in [5.74, 6) is 0. The molecular formula is C14H24N2O2S2. The minimum absolute atomic E-state index is 0.817. The lowest BCUT2D eigenvalue weighted by Gasteiger charge is -2.12. The summed E-state index contributed by atoms with van der Waals surface area (Å²) in [5.41, 5.74) is 0. The standard InChI is InChI=1S/C11H21NOS.C3H3NOS/c1-2-3-4-5-6-7-9-12-10-8-11-14(12)13;5-6-3-1-2-4-6/h8,11H,2-7,9-10H2,1H3;1-3H. The zero-order valence-corrected chi connectivity index (χ0v) is 13.7. The average molecular weight is 316 g/mol. The van der Waals surface area contributed by atoms with Crippen molar-refractivity contribution in [1.29, 1.82) is 0 Å². The monoisotopic (exact) mass is 316 g/mol. The van der Waals surface area contributed by atoms with E-state index in [1.165, 1.54) is 50.1 Å². The highest BCUT2D eigenvalue weighted by atomic mass is 32.2. The van der Waals surface area contributed by atoms with Crippen LogP contribution in [0.5, 0.6) is 0 Å². The first-order valence-electron chi connectivity index (χ1n) is 7.18. The van der Waals surface area contributed by atoms with Gasteiger partial charge in [0.15, 0.2) is 11.0 Å². The Morgan fingerprint density at radius 3 is 2.35 bits per heavy atom. The Kier molecular flexibility index (Phi) is 9.70. The second-order valence-corrected chi connectivity index (χ2v) is 7.04. The van der Waals surface area contributed by atoms with Gasteiger partial charge in [-0.3, -0.25) is 0 Å². The lowest BCUT2D eigenvalue weighted by Crippen LogP contribution is -2.21. The molecule has 2 heterocycles. The summed E-state index contributed by atoms with van der Waals surface area (Å²) in [6.45, 7) is 4.10. The first-order valence-corrected chi connectivity index (χ1v) is 9.52. The van der Waals surface area contributed by atoms with E-state index < -0.39 is 22.0 Å². The van der Waals surface area contributed by atoms with Crippen LogP contribution in [0.4, 0.5) is 0 Å². The summed E-state index contributed by atoms with van der Waals surface area (Å²) in [5, 5.41) is 3.32. The Morgan fingerprint density at radius 1 is 1.10 bits per heavy atom. The minimum atomic E-state index is -1.03. The third kappa shape index (κ3) is 7.87. The van der Waals surface area contributed by atoms with E-state index in [9.17, 15) is 8.42 Å². The average Bonchev–Trinajstić information content (AvgIpc) is 3.06. The van der Waals surface area contributed by atoms with Gasteiger partial charge in [0.2, 0.25) is 0 Å². The summed E-state index contributed by atoms with van der Waals surface area (Å²) >= 11 is 0. The minimum Gasteiger partial charge on any atom is -0.238 e. The van der Waals surface area contributed by atoms with Crippen molar-refractivity contribution in [3.63, 3.8) is 0 Å². The van der Waals surface area contributed by atoms with Crippen molar-refractivity contribution in [2.24, 2.45) is 4.40 Å². The van der Waals surface area contributed by atoms with Crippen molar-refractivity contribution >= 4 is 28.2 Å². The Balaban J connectivity index is 0.000000276. The molecule has 0 bridgehead atoms. The van der Waals surface area contributed by atoms with E-state index in [1.54, 1.807) is 11.5 Å². The van der Waals surface area contributed by atoms with E-state index in [1.807, 2.05) is 10.4 Å². The molecule has 2 rings (SSSR count). The molecule has 0 aromatic rings. The fourth-order valence-corrected chi connectivity index (χ4v) is 3.31. The number of unbranched alkanes of at least 4 members (excludes halogenated alkanes) is 5. The molecule has 2 atom stereocenters. The molecule has 114 valence electrons. The summed E-state index contributed by atoms with van der Waals surface area (Å²) < 4.78 is 26.9. The van der Waals surface area contributed by atoms with Crippen LogP contribution in [-0.4, -0.2) is 32.0 Å². The maximum atomic E-state index is 11.3. The number of allylic oxidation sites excluding steroid dienone is 1. The van der Waals surface area contributed by atoms with Crippen molar-refractivity contribution in [2.75, 3.05) is 13.1 Å².